The number of halogens is 1. The topological polar surface area (TPSA) is 34.1 Å². The van der Waals surface area contributed by atoms with Crippen molar-refractivity contribution in [2.45, 2.75) is 31.4 Å². The summed E-state index contributed by atoms with van der Waals surface area (Å²) < 4.78 is 7.80. The summed E-state index contributed by atoms with van der Waals surface area (Å²) in [5.74, 6) is 0. The second-order valence-corrected chi connectivity index (χ2v) is 6.53. The lowest BCUT2D eigenvalue weighted by Gasteiger charge is -2.18. The standard InChI is InChI=1S/C13H15BrN2OS/c1-17-11-4-2-3-9(11)15-13-16-10-6-5-8(14)7-12(10)18-13/h5-7,9,11H,2-4H2,1H3,(H,15,16). The van der Waals surface area contributed by atoms with Crippen LogP contribution in [0.15, 0.2) is 22.7 Å². The number of rotatable bonds is 3. The average molecular weight is 327 g/mol. The van der Waals surface area contributed by atoms with Crippen molar-refractivity contribution in [3.8, 4) is 0 Å². The van der Waals surface area contributed by atoms with Crippen LogP contribution in [0, 0.1) is 0 Å². The third-order valence-electron chi connectivity index (χ3n) is 3.41. The maximum Gasteiger partial charge on any atom is 0.184 e. The Bertz CT molecular complexity index is 557. The lowest BCUT2D eigenvalue weighted by molar-refractivity contribution is 0.101. The van der Waals surface area contributed by atoms with Gasteiger partial charge in [-0.1, -0.05) is 27.3 Å². The van der Waals surface area contributed by atoms with Crippen molar-refractivity contribution < 1.29 is 4.74 Å². The number of methoxy groups -OCH3 is 1. The molecule has 0 radical (unpaired) electrons. The summed E-state index contributed by atoms with van der Waals surface area (Å²) >= 11 is 5.19. The summed E-state index contributed by atoms with van der Waals surface area (Å²) in [4.78, 5) is 4.62. The van der Waals surface area contributed by atoms with E-state index in [-0.39, 0.29) is 0 Å². The van der Waals surface area contributed by atoms with Gasteiger partial charge in [0.15, 0.2) is 5.13 Å². The molecule has 0 aliphatic heterocycles. The highest BCUT2D eigenvalue weighted by Crippen LogP contribution is 2.31. The minimum atomic E-state index is 0.323. The number of nitrogens with one attached hydrogen (secondary N) is 1. The molecule has 1 heterocycles. The van der Waals surface area contributed by atoms with Crippen molar-refractivity contribution in [2.24, 2.45) is 0 Å². The van der Waals surface area contributed by atoms with Crippen LogP contribution in [-0.4, -0.2) is 24.2 Å². The minimum Gasteiger partial charge on any atom is -0.379 e. The van der Waals surface area contributed by atoms with Crippen LogP contribution < -0.4 is 5.32 Å². The van der Waals surface area contributed by atoms with Crippen LogP contribution in [0.3, 0.4) is 0 Å². The van der Waals surface area contributed by atoms with E-state index in [4.69, 9.17) is 4.74 Å². The molecular formula is C13H15BrN2OS. The maximum atomic E-state index is 5.50. The summed E-state index contributed by atoms with van der Waals surface area (Å²) in [6, 6.07) is 6.59. The molecule has 2 aromatic rings. The number of hydrogen-bond acceptors (Lipinski definition) is 4. The molecule has 1 aromatic carbocycles. The van der Waals surface area contributed by atoms with Gasteiger partial charge >= 0.3 is 0 Å². The SMILES string of the molecule is COC1CCCC1Nc1nc2ccc(Br)cc2s1. The maximum absolute atomic E-state index is 5.50. The zero-order valence-electron chi connectivity index (χ0n) is 10.1. The van der Waals surface area contributed by atoms with Crippen molar-refractivity contribution in [3.05, 3.63) is 22.7 Å². The Morgan fingerprint density at radius 3 is 3.17 bits per heavy atom. The van der Waals surface area contributed by atoms with E-state index < -0.39 is 0 Å². The Morgan fingerprint density at radius 1 is 1.44 bits per heavy atom. The number of anilines is 1. The van der Waals surface area contributed by atoms with E-state index in [9.17, 15) is 0 Å². The summed E-state index contributed by atoms with van der Waals surface area (Å²) in [5, 5.41) is 4.52. The highest BCUT2D eigenvalue weighted by atomic mass is 79.9. The average Bonchev–Trinajstić information content (AvgIpc) is 2.94. The molecule has 1 saturated carbocycles. The number of benzene rings is 1. The minimum absolute atomic E-state index is 0.323. The molecule has 0 amide bonds. The van der Waals surface area contributed by atoms with Gasteiger partial charge in [-0.15, -0.1) is 0 Å². The van der Waals surface area contributed by atoms with Gasteiger partial charge in [-0.2, -0.15) is 0 Å². The molecule has 96 valence electrons. The molecule has 0 saturated heterocycles. The molecule has 3 rings (SSSR count). The third kappa shape index (κ3) is 2.39. The van der Waals surface area contributed by atoms with Crippen LogP contribution in [0.2, 0.25) is 0 Å². The van der Waals surface area contributed by atoms with Crippen LogP contribution in [0.5, 0.6) is 0 Å². The highest BCUT2D eigenvalue weighted by Gasteiger charge is 2.27. The molecule has 2 unspecified atom stereocenters. The van der Waals surface area contributed by atoms with Gasteiger partial charge in [0, 0.05) is 11.6 Å². The molecule has 5 heteroatoms. The Hall–Kier alpha value is -0.650. The number of thiazole rings is 1. The Balaban J connectivity index is 1.82. The largest absolute Gasteiger partial charge is 0.379 e. The van der Waals surface area contributed by atoms with E-state index in [0.717, 1.165) is 28.0 Å². The van der Waals surface area contributed by atoms with E-state index in [1.807, 2.05) is 12.1 Å². The first-order valence-corrected chi connectivity index (χ1v) is 7.72. The van der Waals surface area contributed by atoms with Crippen LogP contribution in [-0.2, 0) is 4.74 Å². The van der Waals surface area contributed by atoms with Gasteiger partial charge in [0.05, 0.1) is 22.4 Å². The van der Waals surface area contributed by atoms with Gasteiger partial charge in [-0.05, 0) is 37.5 Å². The van der Waals surface area contributed by atoms with E-state index >= 15 is 0 Å². The van der Waals surface area contributed by atoms with Crippen molar-refractivity contribution in [1.82, 2.24) is 4.98 Å². The molecule has 1 aliphatic rings. The van der Waals surface area contributed by atoms with E-state index in [1.54, 1.807) is 18.4 Å². The van der Waals surface area contributed by atoms with Crippen LogP contribution in [0.25, 0.3) is 10.2 Å². The van der Waals surface area contributed by atoms with Gasteiger partial charge in [-0.3, -0.25) is 0 Å². The first-order valence-electron chi connectivity index (χ1n) is 6.11. The molecule has 1 N–H and O–H groups in total. The molecule has 0 spiro atoms. The fourth-order valence-electron chi connectivity index (χ4n) is 2.49. The molecular weight excluding hydrogens is 312 g/mol. The zero-order chi connectivity index (χ0) is 12.5. The fourth-order valence-corrected chi connectivity index (χ4v) is 3.97. The quantitative estimate of drug-likeness (QED) is 0.924. The molecule has 3 nitrogen and oxygen atoms in total. The summed E-state index contributed by atoms with van der Waals surface area (Å²) in [6.07, 6.45) is 3.86. The second-order valence-electron chi connectivity index (χ2n) is 4.59. The van der Waals surface area contributed by atoms with Crippen LogP contribution in [0.1, 0.15) is 19.3 Å². The molecule has 0 bridgehead atoms. The van der Waals surface area contributed by atoms with Gasteiger partial charge in [0.25, 0.3) is 0 Å². The van der Waals surface area contributed by atoms with Crippen LogP contribution in [0.4, 0.5) is 5.13 Å². The number of ether oxygens (including phenoxy) is 1. The third-order valence-corrected chi connectivity index (χ3v) is 4.86. The molecule has 2 atom stereocenters. The Labute approximate surface area is 119 Å². The Kier molecular flexibility index (Phi) is 3.54. The van der Waals surface area contributed by atoms with Gasteiger partial charge < -0.3 is 10.1 Å². The highest BCUT2D eigenvalue weighted by molar-refractivity contribution is 9.10. The fraction of sp³-hybridized carbons (Fsp3) is 0.462. The van der Waals surface area contributed by atoms with Crippen molar-refractivity contribution in [2.75, 3.05) is 12.4 Å². The number of hydrogen-bond donors (Lipinski definition) is 1. The number of aromatic nitrogens is 1. The van der Waals surface area contributed by atoms with E-state index in [0.29, 0.717) is 12.1 Å². The smallest absolute Gasteiger partial charge is 0.184 e. The summed E-state index contributed by atoms with van der Waals surface area (Å²) in [7, 11) is 1.79. The van der Waals surface area contributed by atoms with Crippen molar-refractivity contribution >= 4 is 42.6 Å². The second kappa shape index (κ2) is 5.15. The first-order chi connectivity index (χ1) is 8.76. The van der Waals surface area contributed by atoms with Crippen LogP contribution >= 0.6 is 27.3 Å². The number of nitrogens with zero attached hydrogens (tertiary/aromatic N) is 1. The van der Waals surface area contributed by atoms with Gasteiger partial charge in [0.1, 0.15) is 0 Å². The van der Waals surface area contributed by atoms with Gasteiger partial charge in [-0.25, -0.2) is 4.98 Å². The predicted octanol–water partition coefficient (Wildman–Crippen LogP) is 4.04. The summed E-state index contributed by atoms with van der Waals surface area (Å²) in [5.41, 5.74) is 1.05. The van der Waals surface area contributed by atoms with E-state index in [1.165, 1.54) is 11.1 Å². The molecule has 1 aliphatic carbocycles. The van der Waals surface area contributed by atoms with Crippen molar-refractivity contribution in [1.29, 1.82) is 0 Å². The van der Waals surface area contributed by atoms with E-state index in [2.05, 4.69) is 32.3 Å². The Morgan fingerprint density at radius 2 is 2.33 bits per heavy atom. The first kappa shape index (κ1) is 12.4. The van der Waals surface area contributed by atoms with Gasteiger partial charge in [0.2, 0.25) is 0 Å². The van der Waals surface area contributed by atoms with Crippen molar-refractivity contribution in [3.63, 3.8) is 0 Å². The molecule has 1 aromatic heterocycles. The molecule has 18 heavy (non-hydrogen) atoms. The predicted molar refractivity (Wildman–Crippen MR) is 79.4 cm³/mol. The normalized spacial score (nSPS) is 23.7. The summed E-state index contributed by atoms with van der Waals surface area (Å²) in [6.45, 7) is 0. The molecule has 1 fully saturated rings. The zero-order valence-corrected chi connectivity index (χ0v) is 12.6. The number of fused-ring (bicyclic) bond motifs is 1. The lowest BCUT2D eigenvalue weighted by atomic mass is 10.2. The lowest BCUT2D eigenvalue weighted by Crippen LogP contribution is -2.29. The monoisotopic (exact) mass is 326 g/mol.